The number of carbonyl (C=O) groups is 1. The summed E-state index contributed by atoms with van der Waals surface area (Å²) in [5.41, 5.74) is 3.20. The molecule has 0 aliphatic carbocycles. The van der Waals surface area contributed by atoms with Crippen molar-refractivity contribution in [1.82, 2.24) is 10.3 Å². The average molecular weight is 322 g/mol. The van der Waals surface area contributed by atoms with E-state index >= 15 is 0 Å². The summed E-state index contributed by atoms with van der Waals surface area (Å²) in [4.78, 5) is 16.5. The molecule has 1 heterocycles. The Morgan fingerprint density at radius 1 is 1.21 bits per heavy atom. The van der Waals surface area contributed by atoms with Crippen LogP contribution in [-0.2, 0) is 6.54 Å². The number of nitrogens with one attached hydrogen (secondary N) is 1. The molecule has 5 nitrogen and oxygen atoms in total. The highest BCUT2D eigenvalue weighted by atomic mass is 16.5. The van der Waals surface area contributed by atoms with Crippen molar-refractivity contribution in [1.29, 1.82) is 0 Å². The highest BCUT2D eigenvalue weighted by molar-refractivity contribution is 5.97. The number of aryl methyl sites for hydroxylation is 1. The van der Waals surface area contributed by atoms with Gasteiger partial charge in [0.05, 0.1) is 7.11 Å². The summed E-state index contributed by atoms with van der Waals surface area (Å²) in [6, 6.07) is 15.2. The van der Waals surface area contributed by atoms with Crippen LogP contribution in [0, 0.1) is 6.92 Å². The number of carbonyl (C=O) groups excluding carboxylic acids is 1. The second-order valence-corrected chi connectivity index (χ2v) is 5.37. The Labute approximate surface area is 140 Å². The van der Waals surface area contributed by atoms with Crippen molar-refractivity contribution < 1.29 is 13.9 Å². The molecular weight excluding hydrogens is 304 g/mol. The van der Waals surface area contributed by atoms with E-state index in [-0.39, 0.29) is 11.6 Å². The Balaban J connectivity index is 1.79. The maximum absolute atomic E-state index is 12.5. The number of benzene rings is 2. The summed E-state index contributed by atoms with van der Waals surface area (Å²) in [6.45, 7) is 2.45. The molecule has 1 aromatic heterocycles. The molecule has 2 aromatic carbocycles. The van der Waals surface area contributed by atoms with Gasteiger partial charge >= 0.3 is 0 Å². The van der Waals surface area contributed by atoms with Gasteiger partial charge in [-0.1, -0.05) is 36.4 Å². The zero-order valence-corrected chi connectivity index (χ0v) is 13.6. The fraction of sp³-hybridized carbons (Fsp3) is 0.158. The highest BCUT2D eigenvalue weighted by Gasteiger charge is 2.18. The third kappa shape index (κ3) is 3.30. The second kappa shape index (κ2) is 7.00. The summed E-state index contributed by atoms with van der Waals surface area (Å²) in [5, 5.41) is 2.89. The summed E-state index contributed by atoms with van der Waals surface area (Å²) < 4.78 is 10.6. The van der Waals surface area contributed by atoms with Gasteiger partial charge in [0.15, 0.2) is 17.8 Å². The van der Waals surface area contributed by atoms with E-state index in [0.717, 1.165) is 16.7 Å². The molecule has 1 N–H and O–H groups in total. The van der Waals surface area contributed by atoms with Crippen LogP contribution >= 0.6 is 0 Å². The molecule has 0 spiro atoms. The molecule has 1 amide bonds. The quantitative estimate of drug-likeness (QED) is 0.779. The first-order valence-electron chi connectivity index (χ1n) is 7.59. The van der Waals surface area contributed by atoms with E-state index in [1.165, 1.54) is 6.39 Å². The van der Waals surface area contributed by atoms with Gasteiger partial charge in [-0.2, -0.15) is 0 Å². The van der Waals surface area contributed by atoms with Crippen LogP contribution in [0.2, 0.25) is 0 Å². The maximum atomic E-state index is 12.5. The molecule has 0 saturated heterocycles. The number of ether oxygens (including phenoxy) is 1. The van der Waals surface area contributed by atoms with E-state index in [0.29, 0.717) is 18.1 Å². The van der Waals surface area contributed by atoms with E-state index in [9.17, 15) is 4.79 Å². The molecule has 0 aliphatic rings. The largest absolute Gasteiger partial charge is 0.497 e. The van der Waals surface area contributed by atoms with Crippen molar-refractivity contribution in [2.24, 2.45) is 0 Å². The number of oxazole rings is 1. The summed E-state index contributed by atoms with van der Waals surface area (Å²) in [5.74, 6) is 0.844. The predicted octanol–water partition coefficient (Wildman–Crippen LogP) is 3.59. The molecule has 0 atom stereocenters. The van der Waals surface area contributed by atoms with E-state index in [1.54, 1.807) is 13.2 Å². The van der Waals surface area contributed by atoms with Gasteiger partial charge in [-0.3, -0.25) is 4.79 Å². The minimum absolute atomic E-state index is 0.261. The van der Waals surface area contributed by atoms with Crippen LogP contribution in [0.1, 0.15) is 21.6 Å². The van der Waals surface area contributed by atoms with Crippen LogP contribution in [0.15, 0.2) is 59.3 Å². The lowest BCUT2D eigenvalue weighted by atomic mass is 10.1. The van der Waals surface area contributed by atoms with Gasteiger partial charge in [-0.25, -0.2) is 4.98 Å². The molecule has 3 rings (SSSR count). The Morgan fingerprint density at radius 3 is 2.83 bits per heavy atom. The van der Waals surface area contributed by atoms with Crippen molar-refractivity contribution in [3.63, 3.8) is 0 Å². The minimum atomic E-state index is -0.273. The van der Waals surface area contributed by atoms with Crippen molar-refractivity contribution >= 4 is 5.91 Å². The van der Waals surface area contributed by atoms with Crippen molar-refractivity contribution in [3.8, 4) is 17.1 Å². The molecular formula is C19H18N2O3. The average Bonchev–Trinajstić information content (AvgIpc) is 3.11. The Morgan fingerprint density at radius 2 is 2.04 bits per heavy atom. The minimum Gasteiger partial charge on any atom is -0.497 e. The number of nitrogens with zero attached hydrogens (tertiary/aromatic N) is 1. The second-order valence-electron chi connectivity index (χ2n) is 5.37. The fourth-order valence-electron chi connectivity index (χ4n) is 2.44. The SMILES string of the molecule is COc1cccc(-c2ocnc2C(=O)NCc2ccccc2C)c1. The number of amides is 1. The number of hydrogen-bond donors (Lipinski definition) is 1. The fourth-order valence-corrected chi connectivity index (χ4v) is 2.44. The third-order valence-electron chi connectivity index (χ3n) is 3.82. The number of aromatic nitrogens is 1. The van der Waals surface area contributed by atoms with Gasteiger partial charge < -0.3 is 14.5 Å². The lowest BCUT2D eigenvalue weighted by Gasteiger charge is -2.08. The van der Waals surface area contributed by atoms with E-state index < -0.39 is 0 Å². The van der Waals surface area contributed by atoms with Crippen LogP contribution in [0.3, 0.4) is 0 Å². The number of hydrogen-bond acceptors (Lipinski definition) is 4. The van der Waals surface area contributed by atoms with Crippen LogP contribution in [0.4, 0.5) is 0 Å². The van der Waals surface area contributed by atoms with Gasteiger partial charge in [-0.15, -0.1) is 0 Å². The topological polar surface area (TPSA) is 64.4 Å². The number of methoxy groups -OCH3 is 1. The van der Waals surface area contributed by atoms with Gasteiger partial charge in [-0.05, 0) is 30.2 Å². The standard InChI is InChI=1S/C19H18N2O3/c1-13-6-3-4-7-15(13)11-20-19(22)17-18(24-12-21-17)14-8-5-9-16(10-14)23-2/h3-10,12H,11H2,1-2H3,(H,20,22). The first kappa shape index (κ1) is 15.8. The molecule has 24 heavy (non-hydrogen) atoms. The van der Waals surface area contributed by atoms with E-state index in [1.807, 2.05) is 49.4 Å². The molecule has 5 heteroatoms. The summed E-state index contributed by atoms with van der Waals surface area (Å²) in [7, 11) is 1.59. The zero-order chi connectivity index (χ0) is 16.9. The lowest BCUT2D eigenvalue weighted by Crippen LogP contribution is -2.24. The predicted molar refractivity (Wildman–Crippen MR) is 90.8 cm³/mol. The normalized spacial score (nSPS) is 10.4. The zero-order valence-electron chi connectivity index (χ0n) is 13.6. The molecule has 0 aliphatic heterocycles. The lowest BCUT2D eigenvalue weighted by molar-refractivity contribution is 0.0946. The van der Waals surface area contributed by atoms with Gasteiger partial charge in [0.2, 0.25) is 0 Å². The Bertz CT molecular complexity index is 855. The molecule has 3 aromatic rings. The van der Waals surface area contributed by atoms with Gasteiger partial charge in [0.1, 0.15) is 5.75 Å². The summed E-state index contributed by atoms with van der Waals surface area (Å²) >= 11 is 0. The Hall–Kier alpha value is -3.08. The third-order valence-corrected chi connectivity index (χ3v) is 3.82. The Kier molecular flexibility index (Phi) is 4.61. The monoisotopic (exact) mass is 322 g/mol. The molecule has 0 radical (unpaired) electrons. The molecule has 0 bridgehead atoms. The summed E-state index contributed by atoms with van der Waals surface area (Å²) in [6.07, 6.45) is 1.28. The molecule has 0 fully saturated rings. The maximum Gasteiger partial charge on any atom is 0.274 e. The van der Waals surface area contributed by atoms with Crippen LogP contribution in [0.5, 0.6) is 5.75 Å². The van der Waals surface area contributed by atoms with Crippen molar-refractivity contribution in [2.45, 2.75) is 13.5 Å². The van der Waals surface area contributed by atoms with Crippen molar-refractivity contribution in [3.05, 3.63) is 71.7 Å². The first-order chi connectivity index (χ1) is 11.7. The van der Waals surface area contributed by atoms with E-state index in [2.05, 4.69) is 10.3 Å². The van der Waals surface area contributed by atoms with Crippen LogP contribution in [-0.4, -0.2) is 18.0 Å². The highest BCUT2D eigenvalue weighted by Crippen LogP contribution is 2.26. The van der Waals surface area contributed by atoms with Crippen molar-refractivity contribution in [2.75, 3.05) is 7.11 Å². The van der Waals surface area contributed by atoms with Crippen LogP contribution in [0.25, 0.3) is 11.3 Å². The number of rotatable bonds is 5. The molecule has 122 valence electrons. The van der Waals surface area contributed by atoms with Gasteiger partial charge in [0, 0.05) is 12.1 Å². The molecule has 0 saturated carbocycles. The smallest absolute Gasteiger partial charge is 0.274 e. The van der Waals surface area contributed by atoms with E-state index in [4.69, 9.17) is 9.15 Å². The van der Waals surface area contributed by atoms with Crippen LogP contribution < -0.4 is 10.1 Å². The van der Waals surface area contributed by atoms with Gasteiger partial charge in [0.25, 0.3) is 5.91 Å². The first-order valence-corrected chi connectivity index (χ1v) is 7.59. The molecule has 0 unspecified atom stereocenters.